The number of amides is 1. The summed E-state index contributed by atoms with van der Waals surface area (Å²) >= 11 is 3.01. The Morgan fingerprint density at radius 2 is 1.88 bits per heavy atom. The van der Waals surface area contributed by atoms with Crippen LogP contribution in [0.1, 0.15) is 11.1 Å². The molecule has 1 amide bonds. The van der Waals surface area contributed by atoms with Gasteiger partial charge in [-0.25, -0.2) is 0 Å². The van der Waals surface area contributed by atoms with Crippen LogP contribution in [0, 0.1) is 0 Å². The van der Waals surface area contributed by atoms with E-state index in [0.29, 0.717) is 11.6 Å². The molecule has 0 atom stereocenters. The number of thioether (sulfide) groups is 1. The summed E-state index contributed by atoms with van der Waals surface area (Å²) < 4.78 is 0.844. The lowest BCUT2D eigenvalue weighted by molar-refractivity contribution is -0.115. The normalized spacial score (nSPS) is 10.9. The van der Waals surface area contributed by atoms with Gasteiger partial charge in [-0.1, -0.05) is 71.6 Å². The molecule has 2 aromatic carbocycles. The fraction of sp³-hybridized carbons (Fsp3) is 0.105. The maximum absolute atomic E-state index is 12.3. The van der Waals surface area contributed by atoms with E-state index >= 15 is 0 Å². The molecule has 7 heteroatoms. The average molecular weight is 380 g/mol. The molecule has 2 heterocycles. The Bertz CT molecular complexity index is 1030. The molecule has 26 heavy (non-hydrogen) atoms. The lowest BCUT2D eigenvalue weighted by Crippen LogP contribution is -2.14. The van der Waals surface area contributed by atoms with Crippen LogP contribution in [0.2, 0.25) is 0 Å². The molecule has 0 spiro atoms. The first-order valence-electron chi connectivity index (χ1n) is 8.13. The van der Waals surface area contributed by atoms with Gasteiger partial charge in [0.05, 0.1) is 6.42 Å². The van der Waals surface area contributed by atoms with Crippen LogP contribution in [0.25, 0.3) is 10.9 Å². The number of rotatable bonds is 6. The molecule has 5 nitrogen and oxygen atoms in total. The van der Waals surface area contributed by atoms with Gasteiger partial charge in [-0.3, -0.25) is 4.79 Å². The number of anilines is 1. The van der Waals surface area contributed by atoms with E-state index in [-0.39, 0.29) is 5.91 Å². The Morgan fingerprint density at radius 3 is 2.77 bits per heavy atom. The number of hydrogen-bond donors (Lipinski definition) is 2. The van der Waals surface area contributed by atoms with Gasteiger partial charge in [-0.15, -0.1) is 10.2 Å². The summed E-state index contributed by atoms with van der Waals surface area (Å²) in [6.45, 7) is 0. The molecule has 0 aliphatic carbocycles. The van der Waals surface area contributed by atoms with Gasteiger partial charge in [-0.05, 0) is 17.2 Å². The number of nitrogens with one attached hydrogen (secondary N) is 2. The first-order valence-corrected chi connectivity index (χ1v) is 9.93. The Morgan fingerprint density at radius 1 is 1.08 bits per heavy atom. The second-order valence-corrected chi connectivity index (χ2v) is 7.93. The number of hydrogen-bond acceptors (Lipinski definition) is 5. The van der Waals surface area contributed by atoms with Crippen molar-refractivity contribution in [2.24, 2.45) is 0 Å². The second kappa shape index (κ2) is 7.72. The van der Waals surface area contributed by atoms with Gasteiger partial charge in [0.25, 0.3) is 0 Å². The van der Waals surface area contributed by atoms with Gasteiger partial charge in [-0.2, -0.15) is 0 Å². The molecular weight excluding hydrogens is 364 g/mol. The molecule has 0 aliphatic heterocycles. The van der Waals surface area contributed by atoms with Crippen LogP contribution in [0.4, 0.5) is 5.13 Å². The number of para-hydroxylation sites is 1. The van der Waals surface area contributed by atoms with Gasteiger partial charge in [0, 0.05) is 22.9 Å². The monoisotopic (exact) mass is 380 g/mol. The Hall–Kier alpha value is -2.64. The lowest BCUT2D eigenvalue weighted by Gasteiger charge is -2.00. The summed E-state index contributed by atoms with van der Waals surface area (Å²) in [6, 6.07) is 18.2. The fourth-order valence-electron chi connectivity index (χ4n) is 2.65. The first-order chi connectivity index (χ1) is 12.8. The number of carbonyl (C=O) groups is 1. The van der Waals surface area contributed by atoms with E-state index < -0.39 is 0 Å². The highest BCUT2D eigenvalue weighted by atomic mass is 32.2. The van der Waals surface area contributed by atoms with E-state index in [9.17, 15) is 4.79 Å². The second-order valence-electron chi connectivity index (χ2n) is 5.73. The summed E-state index contributed by atoms with van der Waals surface area (Å²) in [4.78, 5) is 15.5. The number of nitrogens with zero attached hydrogens (tertiary/aromatic N) is 2. The van der Waals surface area contributed by atoms with Gasteiger partial charge >= 0.3 is 0 Å². The third-order valence-electron chi connectivity index (χ3n) is 3.88. The van der Waals surface area contributed by atoms with Crippen LogP contribution in [-0.4, -0.2) is 21.1 Å². The van der Waals surface area contributed by atoms with Crippen LogP contribution >= 0.6 is 23.1 Å². The molecule has 0 unspecified atom stereocenters. The van der Waals surface area contributed by atoms with Crippen molar-refractivity contribution in [1.82, 2.24) is 15.2 Å². The van der Waals surface area contributed by atoms with Crippen molar-refractivity contribution in [1.29, 1.82) is 0 Å². The summed E-state index contributed by atoms with van der Waals surface area (Å²) in [5.74, 6) is 0.740. The third kappa shape index (κ3) is 3.95. The molecule has 0 saturated carbocycles. The molecule has 130 valence electrons. The molecule has 0 bridgehead atoms. The van der Waals surface area contributed by atoms with E-state index in [2.05, 4.69) is 32.6 Å². The number of H-pyrrole nitrogens is 1. The number of fused-ring (bicyclic) bond motifs is 1. The maximum atomic E-state index is 12.3. The zero-order valence-corrected chi connectivity index (χ0v) is 15.4. The van der Waals surface area contributed by atoms with Crippen molar-refractivity contribution in [3.05, 3.63) is 71.9 Å². The van der Waals surface area contributed by atoms with Crippen molar-refractivity contribution in [2.75, 3.05) is 5.32 Å². The van der Waals surface area contributed by atoms with E-state index in [0.717, 1.165) is 26.6 Å². The summed E-state index contributed by atoms with van der Waals surface area (Å²) in [6.07, 6.45) is 2.18. The summed E-state index contributed by atoms with van der Waals surface area (Å²) in [5.41, 5.74) is 3.24. The maximum Gasteiger partial charge on any atom is 0.230 e. The minimum Gasteiger partial charge on any atom is -0.361 e. The van der Waals surface area contributed by atoms with Crippen molar-refractivity contribution in [3.63, 3.8) is 0 Å². The zero-order chi connectivity index (χ0) is 17.8. The topological polar surface area (TPSA) is 70.7 Å². The van der Waals surface area contributed by atoms with Gasteiger partial charge in [0.15, 0.2) is 4.34 Å². The quantitative estimate of drug-likeness (QED) is 0.382. The minimum atomic E-state index is -0.0921. The Labute approximate surface area is 158 Å². The van der Waals surface area contributed by atoms with Gasteiger partial charge < -0.3 is 10.3 Å². The third-order valence-corrected chi connectivity index (χ3v) is 5.93. The lowest BCUT2D eigenvalue weighted by atomic mass is 10.1. The number of carbonyl (C=O) groups excluding carboxylic acids is 1. The number of benzene rings is 2. The highest BCUT2D eigenvalue weighted by Gasteiger charge is 2.12. The smallest absolute Gasteiger partial charge is 0.230 e. The van der Waals surface area contributed by atoms with Crippen LogP contribution < -0.4 is 5.32 Å². The van der Waals surface area contributed by atoms with Crippen molar-refractivity contribution in [3.8, 4) is 0 Å². The van der Waals surface area contributed by atoms with Gasteiger partial charge in [0.2, 0.25) is 11.0 Å². The Balaban J connectivity index is 1.35. The number of aromatic nitrogens is 3. The largest absolute Gasteiger partial charge is 0.361 e. The molecule has 0 radical (unpaired) electrons. The van der Waals surface area contributed by atoms with E-state index in [4.69, 9.17) is 0 Å². The molecular formula is C19H16N4OS2. The standard InChI is InChI=1S/C19H16N4OS2/c24-17(10-14-11-20-16-9-5-4-8-15(14)16)21-18-22-23-19(26-18)25-12-13-6-2-1-3-7-13/h1-9,11,20H,10,12H2,(H,21,22,24). The predicted molar refractivity (Wildman–Crippen MR) is 107 cm³/mol. The van der Waals surface area contributed by atoms with E-state index in [1.54, 1.807) is 11.8 Å². The van der Waals surface area contributed by atoms with Crippen LogP contribution in [-0.2, 0) is 17.0 Å². The molecule has 0 saturated heterocycles. The number of aromatic amines is 1. The average Bonchev–Trinajstić information content (AvgIpc) is 3.28. The highest BCUT2D eigenvalue weighted by molar-refractivity contribution is 8.00. The summed E-state index contributed by atoms with van der Waals surface area (Å²) in [7, 11) is 0. The van der Waals surface area contributed by atoms with Crippen LogP contribution in [0.3, 0.4) is 0 Å². The molecule has 4 aromatic rings. The van der Waals surface area contributed by atoms with Crippen LogP contribution in [0.5, 0.6) is 0 Å². The summed E-state index contributed by atoms with van der Waals surface area (Å²) in [5, 5.41) is 12.7. The molecule has 0 aliphatic rings. The van der Waals surface area contributed by atoms with E-state index in [1.165, 1.54) is 16.9 Å². The van der Waals surface area contributed by atoms with Gasteiger partial charge in [0.1, 0.15) is 0 Å². The molecule has 4 rings (SSSR count). The van der Waals surface area contributed by atoms with Crippen LogP contribution in [0.15, 0.2) is 65.1 Å². The molecule has 2 aromatic heterocycles. The van der Waals surface area contributed by atoms with Crippen molar-refractivity contribution in [2.45, 2.75) is 16.5 Å². The molecule has 2 N–H and O–H groups in total. The van der Waals surface area contributed by atoms with Crippen molar-refractivity contribution < 1.29 is 4.79 Å². The SMILES string of the molecule is O=C(Cc1c[nH]c2ccccc12)Nc1nnc(SCc2ccccc2)s1. The fourth-order valence-corrected chi connectivity index (χ4v) is 4.38. The highest BCUT2D eigenvalue weighted by Crippen LogP contribution is 2.28. The molecule has 0 fully saturated rings. The van der Waals surface area contributed by atoms with E-state index in [1.807, 2.05) is 48.7 Å². The zero-order valence-electron chi connectivity index (χ0n) is 13.8. The first kappa shape index (κ1) is 16.8. The Kier molecular flexibility index (Phi) is 4.99. The predicted octanol–water partition coefficient (Wildman–Crippen LogP) is 4.49. The van der Waals surface area contributed by atoms with Crippen molar-refractivity contribution >= 4 is 45.0 Å². The minimum absolute atomic E-state index is 0.0921.